The summed E-state index contributed by atoms with van der Waals surface area (Å²) in [6.07, 6.45) is 6.62. The number of hydrogen-bond donors (Lipinski definition) is 2. The van der Waals surface area contributed by atoms with Crippen LogP contribution >= 0.6 is 0 Å². The van der Waals surface area contributed by atoms with Gasteiger partial charge in [0.15, 0.2) is 0 Å². The van der Waals surface area contributed by atoms with E-state index in [9.17, 15) is 19.2 Å². The van der Waals surface area contributed by atoms with Gasteiger partial charge in [-0.15, -0.1) is 6.42 Å². The molecule has 0 radical (unpaired) electrons. The zero-order valence-corrected chi connectivity index (χ0v) is 28.8. The number of terminal acetylenes is 1. The smallest absolute Gasteiger partial charge is 0.408 e. The second kappa shape index (κ2) is 16.8. The first-order chi connectivity index (χ1) is 21.5. The number of ether oxygens (including phenoxy) is 2. The minimum atomic E-state index is -1.21. The van der Waals surface area contributed by atoms with Crippen molar-refractivity contribution in [1.29, 1.82) is 0 Å². The van der Waals surface area contributed by atoms with E-state index < -0.39 is 53.2 Å². The number of rotatable bonds is 13. The van der Waals surface area contributed by atoms with E-state index in [1.807, 2.05) is 37.3 Å². The van der Waals surface area contributed by atoms with Gasteiger partial charge in [0, 0.05) is 18.5 Å². The predicted molar refractivity (Wildman–Crippen MR) is 180 cm³/mol. The molecule has 0 aromatic heterocycles. The fourth-order valence-corrected chi connectivity index (χ4v) is 4.81. The lowest BCUT2D eigenvalue weighted by molar-refractivity contribution is -0.159. The molecule has 0 aliphatic heterocycles. The number of esters is 1. The summed E-state index contributed by atoms with van der Waals surface area (Å²) in [7, 11) is 0. The van der Waals surface area contributed by atoms with Gasteiger partial charge in [0.2, 0.25) is 11.8 Å². The van der Waals surface area contributed by atoms with Crippen LogP contribution in [0, 0.1) is 18.3 Å². The average molecular weight is 634 g/mol. The topological polar surface area (TPSA) is 114 Å². The van der Waals surface area contributed by atoms with Crippen molar-refractivity contribution in [2.45, 2.75) is 111 Å². The summed E-state index contributed by atoms with van der Waals surface area (Å²) < 4.78 is 11.2. The van der Waals surface area contributed by atoms with E-state index in [0.29, 0.717) is 17.5 Å². The van der Waals surface area contributed by atoms with Crippen molar-refractivity contribution in [3.05, 3.63) is 71.3 Å². The van der Waals surface area contributed by atoms with E-state index in [1.165, 1.54) is 4.90 Å². The van der Waals surface area contributed by atoms with Crippen molar-refractivity contribution in [1.82, 2.24) is 15.5 Å². The Hall–Kier alpha value is -4.32. The third-order valence-electron chi connectivity index (χ3n) is 6.90. The van der Waals surface area contributed by atoms with Gasteiger partial charge in [-0.1, -0.05) is 81.6 Å². The number of hydrogen-bond acceptors (Lipinski definition) is 6. The quantitative estimate of drug-likeness (QED) is 0.208. The molecule has 0 aliphatic carbocycles. The van der Waals surface area contributed by atoms with Gasteiger partial charge in [0.05, 0.1) is 0 Å². The highest BCUT2D eigenvalue weighted by molar-refractivity contribution is 5.94. The number of unbranched alkanes of at least 4 members (excludes halogenated alkanes) is 1. The summed E-state index contributed by atoms with van der Waals surface area (Å²) in [6, 6.07) is 12.9. The lowest BCUT2D eigenvalue weighted by Gasteiger charge is -2.36. The van der Waals surface area contributed by atoms with Gasteiger partial charge in [-0.25, -0.2) is 9.59 Å². The monoisotopic (exact) mass is 633 g/mol. The Kier molecular flexibility index (Phi) is 13.9. The van der Waals surface area contributed by atoms with E-state index in [4.69, 9.17) is 15.9 Å². The third-order valence-corrected chi connectivity index (χ3v) is 6.90. The lowest BCUT2D eigenvalue weighted by Crippen LogP contribution is -2.56. The Morgan fingerprint density at radius 1 is 0.870 bits per heavy atom. The van der Waals surface area contributed by atoms with Crippen LogP contribution in [0.2, 0.25) is 0 Å². The Morgan fingerprint density at radius 3 is 2.00 bits per heavy atom. The number of amides is 3. The highest BCUT2D eigenvalue weighted by atomic mass is 16.6. The standard InChI is InChI=1S/C37H51N3O6/c1-11-13-23-40(33(42)30(25(3)4)39-35(44)46-37(8,9)10)31(28-22-18-17-21-27(28)12-2)32(41)38-29(34(43)45-36(5,6)7)24-26-19-15-14-16-20-26/h2,14-22,25,29-31H,11,13,23-24H2,1,3-10H3,(H,38,41)(H,39,44). The average Bonchev–Trinajstić information content (AvgIpc) is 2.96. The maximum Gasteiger partial charge on any atom is 0.408 e. The van der Waals surface area contributed by atoms with E-state index in [2.05, 4.69) is 16.6 Å². The van der Waals surface area contributed by atoms with Crippen LogP contribution in [-0.4, -0.2) is 58.6 Å². The van der Waals surface area contributed by atoms with Gasteiger partial charge < -0.3 is 25.0 Å². The molecular formula is C37H51N3O6. The zero-order valence-electron chi connectivity index (χ0n) is 28.8. The van der Waals surface area contributed by atoms with Crippen molar-refractivity contribution in [2.24, 2.45) is 5.92 Å². The van der Waals surface area contributed by atoms with Crippen molar-refractivity contribution in [2.75, 3.05) is 6.54 Å². The summed E-state index contributed by atoms with van der Waals surface area (Å²) in [4.78, 5) is 56.7. The summed E-state index contributed by atoms with van der Waals surface area (Å²) >= 11 is 0. The maximum absolute atomic E-state index is 14.5. The molecule has 0 saturated heterocycles. The number of benzene rings is 2. The van der Waals surface area contributed by atoms with Crippen LogP contribution in [0.1, 0.15) is 97.9 Å². The molecule has 3 unspecified atom stereocenters. The molecule has 0 saturated carbocycles. The normalized spacial score (nSPS) is 13.5. The minimum absolute atomic E-state index is 0.169. The molecule has 2 rings (SSSR count). The number of carbonyl (C=O) groups excluding carboxylic acids is 4. The van der Waals surface area contributed by atoms with Gasteiger partial charge in [-0.3, -0.25) is 9.59 Å². The van der Waals surface area contributed by atoms with Gasteiger partial charge in [-0.2, -0.15) is 0 Å². The molecule has 46 heavy (non-hydrogen) atoms. The largest absolute Gasteiger partial charge is 0.458 e. The molecular weight excluding hydrogens is 582 g/mol. The SMILES string of the molecule is C#Cc1ccccc1C(C(=O)NC(Cc1ccccc1)C(=O)OC(C)(C)C)N(CCCC)C(=O)C(NC(=O)OC(C)(C)C)C(C)C. The summed E-state index contributed by atoms with van der Waals surface area (Å²) in [5.74, 6) is 0.617. The molecule has 250 valence electrons. The molecule has 2 aromatic carbocycles. The number of nitrogens with one attached hydrogen (secondary N) is 2. The van der Waals surface area contributed by atoms with Crippen LogP contribution in [-0.2, 0) is 30.3 Å². The Bertz CT molecular complexity index is 1370. The Labute approximate surface area is 274 Å². The Balaban J connectivity index is 2.65. The molecule has 3 amide bonds. The minimum Gasteiger partial charge on any atom is -0.458 e. The van der Waals surface area contributed by atoms with Crippen molar-refractivity contribution >= 4 is 23.9 Å². The van der Waals surface area contributed by atoms with Crippen LogP contribution in [0.5, 0.6) is 0 Å². The molecule has 9 nitrogen and oxygen atoms in total. The molecule has 9 heteroatoms. The van der Waals surface area contributed by atoms with Gasteiger partial charge in [0.1, 0.15) is 29.3 Å². The number of nitrogens with zero attached hydrogens (tertiary/aromatic N) is 1. The molecule has 0 fully saturated rings. The molecule has 3 atom stereocenters. The first-order valence-electron chi connectivity index (χ1n) is 15.9. The second-order valence-electron chi connectivity index (χ2n) is 13.7. The van der Waals surface area contributed by atoms with Crippen molar-refractivity contribution in [3.63, 3.8) is 0 Å². The van der Waals surface area contributed by atoms with Crippen LogP contribution in [0.4, 0.5) is 4.79 Å². The van der Waals surface area contributed by atoms with Crippen LogP contribution in [0.25, 0.3) is 0 Å². The second-order valence-corrected chi connectivity index (χ2v) is 13.7. The van der Waals surface area contributed by atoms with E-state index in [-0.39, 0.29) is 18.9 Å². The first-order valence-corrected chi connectivity index (χ1v) is 15.9. The fourth-order valence-electron chi connectivity index (χ4n) is 4.81. The van der Waals surface area contributed by atoms with Crippen molar-refractivity contribution < 1.29 is 28.7 Å². The number of carbonyl (C=O) groups is 4. The van der Waals surface area contributed by atoms with Gasteiger partial charge >= 0.3 is 12.1 Å². The number of alkyl carbamates (subject to hydrolysis) is 1. The summed E-state index contributed by atoms with van der Waals surface area (Å²) in [6.45, 7) is 16.3. The third kappa shape index (κ3) is 11.9. The maximum atomic E-state index is 14.5. The highest BCUT2D eigenvalue weighted by Gasteiger charge is 2.39. The predicted octanol–water partition coefficient (Wildman–Crippen LogP) is 5.96. The van der Waals surface area contributed by atoms with E-state index in [0.717, 1.165) is 12.0 Å². The lowest BCUT2D eigenvalue weighted by atomic mass is 9.95. The van der Waals surface area contributed by atoms with E-state index >= 15 is 0 Å². The highest BCUT2D eigenvalue weighted by Crippen LogP contribution is 2.28. The van der Waals surface area contributed by atoms with Crippen LogP contribution < -0.4 is 10.6 Å². The molecule has 0 bridgehead atoms. The summed E-state index contributed by atoms with van der Waals surface area (Å²) in [5, 5.41) is 5.62. The van der Waals surface area contributed by atoms with E-state index in [1.54, 1.807) is 79.7 Å². The Morgan fingerprint density at radius 2 is 1.46 bits per heavy atom. The van der Waals surface area contributed by atoms with Gasteiger partial charge in [0.25, 0.3) is 0 Å². The van der Waals surface area contributed by atoms with Crippen molar-refractivity contribution in [3.8, 4) is 12.3 Å². The molecule has 0 aliphatic rings. The molecule has 2 N–H and O–H groups in total. The van der Waals surface area contributed by atoms with Gasteiger partial charge in [-0.05, 0) is 71.1 Å². The molecule has 0 spiro atoms. The van der Waals surface area contributed by atoms with Crippen LogP contribution in [0.3, 0.4) is 0 Å². The zero-order chi connectivity index (χ0) is 34.7. The first kappa shape index (κ1) is 37.9. The molecule has 2 aromatic rings. The van der Waals surface area contributed by atoms with Crippen LogP contribution in [0.15, 0.2) is 54.6 Å². The summed E-state index contributed by atoms with van der Waals surface area (Å²) in [5.41, 5.74) is 0.0943. The molecule has 0 heterocycles. The fraction of sp³-hybridized carbons (Fsp3) is 0.514.